The van der Waals surface area contributed by atoms with Crippen molar-refractivity contribution >= 4 is 25.6 Å². The highest BCUT2D eigenvalue weighted by Crippen LogP contribution is 2.17. The van der Waals surface area contributed by atoms with Gasteiger partial charge in [-0.3, -0.25) is 4.79 Å². The molecule has 0 fully saturated rings. The predicted molar refractivity (Wildman–Crippen MR) is 97.0 cm³/mol. The highest BCUT2D eigenvalue weighted by atomic mass is 35.5. The zero-order valence-electron chi connectivity index (χ0n) is 14.1. The first-order chi connectivity index (χ1) is 11.7. The van der Waals surface area contributed by atoms with Crippen molar-refractivity contribution in [2.24, 2.45) is 0 Å². The van der Waals surface area contributed by atoms with Gasteiger partial charge in [-0.25, -0.2) is 13.8 Å². The van der Waals surface area contributed by atoms with Gasteiger partial charge in [0.25, 0.3) is 5.91 Å². The van der Waals surface area contributed by atoms with Crippen LogP contribution in [0.4, 0.5) is 8.78 Å². The van der Waals surface area contributed by atoms with Crippen molar-refractivity contribution in [1.82, 2.24) is 10.3 Å². The maximum atomic E-state index is 13.2. The van der Waals surface area contributed by atoms with Crippen LogP contribution in [0.5, 0.6) is 0 Å². The third kappa shape index (κ3) is 5.38. The smallest absolute Gasteiger partial charge is 0.255 e. The molecule has 2 aromatic rings. The molecule has 0 spiro atoms. The fourth-order valence-electron chi connectivity index (χ4n) is 1.93. The van der Waals surface area contributed by atoms with Crippen molar-refractivity contribution < 1.29 is 13.6 Å². The Labute approximate surface area is 151 Å². The van der Waals surface area contributed by atoms with Gasteiger partial charge in [0.1, 0.15) is 13.2 Å². The van der Waals surface area contributed by atoms with Crippen LogP contribution in [0.1, 0.15) is 21.5 Å². The summed E-state index contributed by atoms with van der Waals surface area (Å²) in [6.45, 7) is 6.30. The monoisotopic (exact) mass is 378 g/mol. The van der Waals surface area contributed by atoms with E-state index in [1.807, 2.05) is 0 Å². The van der Waals surface area contributed by atoms with Gasteiger partial charge in [-0.15, -0.1) is 5.54 Å². The summed E-state index contributed by atoms with van der Waals surface area (Å²) in [6, 6.07) is 5.08. The van der Waals surface area contributed by atoms with E-state index in [4.69, 9.17) is 11.6 Å². The molecule has 0 aliphatic rings. The molecule has 1 amide bonds. The standard InChI is InChI=1S/C18H17ClF2N2OSi/c1-25(2,3)9-7-13-6-8-22-17(19)16(13)18(24)23-11-12-4-5-14(20)15(21)10-12/h4-6,8,10H,11H2,1-3H3,(H,23,24). The number of rotatable bonds is 3. The summed E-state index contributed by atoms with van der Waals surface area (Å²) >= 11 is 6.06. The Morgan fingerprint density at radius 3 is 2.60 bits per heavy atom. The summed E-state index contributed by atoms with van der Waals surface area (Å²) in [7, 11) is -1.63. The zero-order chi connectivity index (χ0) is 18.6. The molecule has 0 saturated heterocycles. The molecule has 0 aliphatic carbocycles. The molecule has 1 heterocycles. The lowest BCUT2D eigenvalue weighted by molar-refractivity contribution is 0.0950. The highest BCUT2D eigenvalue weighted by molar-refractivity contribution is 6.83. The molecule has 1 aromatic heterocycles. The van der Waals surface area contributed by atoms with Crippen LogP contribution in [0.2, 0.25) is 24.8 Å². The lowest BCUT2D eigenvalue weighted by Crippen LogP contribution is -2.24. The average molecular weight is 379 g/mol. The van der Waals surface area contributed by atoms with Gasteiger partial charge in [-0.2, -0.15) is 0 Å². The molecule has 130 valence electrons. The molecule has 2 rings (SSSR count). The Balaban J connectivity index is 2.23. The molecule has 25 heavy (non-hydrogen) atoms. The number of benzene rings is 1. The average Bonchev–Trinajstić information content (AvgIpc) is 2.53. The van der Waals surface area contributed by atoms with Crippen LogP contribution >= 0.6 is 11.6 Å². The zero-order valence-corrected chi connectivity index (χ0v) is 15.8. The van der Waals surface area contributed by atoms with E-state index in [0.29, 0.717) is 11.1 Å². The Kier molecular flexibility index (Phi) is 5.93. The second kappa shape index (κ2) is 7.77. The lowest BCUT2D eigenvalue weighted by Gasteiger charge is -2.09. The third-order valence-corrected chi connectivity index (χ3v) is 4.30. The van der Waals surface area contributed by atoms with Crippen LogP contribution in [0.3, 0.4) is 0 Å². The van der Waals surface area contributed by atoms with Crippen LogP contribution in [-0.4, -0.2) is 19.0 Å². The van der Waals surface area contributed by atoms with Crippen LogP contribution < -0.4 is 5.32 Å². The molecule has 3 nitrogen and oxygen atoms in total. The summed E-state index contributed by atoms with van der Waals surface area (Å²) in [6.07, 6.45) is 1.49. The Morgan fingerprint density at radius 2 is 1.96 bits per heavy atom. The van der Waals surface area contributed by atoms with Crippen LogP contribution in [0.25, 0.3) is 0 Å². The molecule has 0 bridgehead atoms. The van der Waals surface area contributed by atoms with Gasteiger partial charge >= 0.3 is 0 Å². The molecule has 0 unspecified atom stereocenters. The highest BCUT2D eigenvalue weighted by Gasteiger charge is 2.16. The quantitative estimate of drug-likeness (QED) is 0.494. The number of aromatic nitrogens is 1. The fourth-order valence-corrected chi connectivity index (χ4v) is 2.69. The topological polar surface area (TPSA) is 42.0 Å². The van der Waals surface area contributed by atoms with Crippen molar-refractivity contribution in [3.63, 3.8) is 0 Å². The number of pyridine rings is 1. The summed E-state index contributed by atoms with van der Waals surface area (Å²) in [5, 5.41) is 2.68. The van der Waals surface area contributed by atoms with Gasteiger partial charge in [-0.05, 0) is 23.8 Å². The first-order valence-electron chi connectivity index (χ1n) is 7.57. The number of hydrogen-bond acceptors (Lipinski definition) is 2. The molecule has 7 heteroatoms. The van der Waals surface area contributed by atoms with E-state index < -0.39 is 25.6 Å². The second-order valence-electron chi connectivity index (χ2n) is 6.46. The first kappa shape index (κ1) is 19.1. The molecular weight excluding hydrogens is 362 g/mol. The summed E-state index contributed by atoms with van der Waals surface area (Å²) < 4.78 is 26.2. The minimum Gasteiger partial charge on any atom is -0.348 e. The van der Waals surface area contributed by atoms with Gasteiger partial charge in [0.05, 0.1) is 5.56 Å². The van der Waals surface area contributed by atoms with E-state index in [2.05, 4.69) is 41.4 Å². The molecular formula is C18H17ClF2N2OSi. The van der Waals surface area contributed by atoms with E-state index >= 15 is 0 Å². The van der Waals surface area contributed by atoms with Crippen LogP contribution in [0.15, 0.2) is 30.5 Å². The van der Waals surface area contributed by atoms with Gasteiger partial charge in [0.15, 0.2) is 11.6 Å². The van der Waals surface area contributed by atoms with E-state index in [-0.39, 0.29) is 17.3 Å². The third-order valence-electron chi connectivity index (χ3n) is 3.14. The van der Waals surface area contributed by atoms with Crippen LogP contribution in [-0.2, 0) is 6.54 Å². The van der Waals surface area contributed by atoms with Gasteiger partial charge < -0.3 is 5.32 Å². The van der Waals surface area contributed by atoms with Gasteiger partial charge in [-0.1, -0.05) is 43.2 Å². The molecule has 0 radical (unpaired) electrons. The van der Waals surface area contributed by atoms with Crippen molar-refractivity contribution in [2.75, 3.05) is 0 Å². The number of nitrogens with zero attached hydrogens (tertiary/aromatic N) is 1. The second-order valence-corrected chi connectivity index (χ2v) is 11.6. The van der Waals surface area contributed by atoms with E-state index in [1.54, 1.807) is 6.07 Å². The molecule has 0 atom stereocenters. The number of hydrogen-bond donors (Lipinski definition) is 1. The number of carbonyl (C=O) groups excluding carboxylic acids is 1. The van der Waals surface area contributed by atoms with E-state index in [9.17, 15) is 13.6 Å². The number of amides is 1. The Bertz CT molecular complexity index is 870. The maximum Gasteiger partial charge on any atom is 0.255 e. The van der Waals surface area contributed by atoms with Gasteiger partial charge in [0, 0.05) is 18.3 Å². The maximum absolute atomic E-state index is 13.2. The van der Waals surface area contributed by atoms with Crippen molar-refractivity contribution in [3.8, 4) is 11.5 Å². The number of halogens is 3. The Morgan fingerprint density at radius 1 is 1.24 bits per heavy atom. The predicted octanol–water partition coefficient (Wildman–Crippen LogP) is 4.17. The lowest BCUT2D eigenvalue weighted by atomic mass is 10.1. The van der Waals surface area contributed by atoms with Crippen molar-refractivity contribution in [2.45, 2.75) is 26.2 Å². The van der Waals surface area contributed by atoms with E-state index in [0.717, 1.165) is 12.1 Å². The van der Waals surface area contributed by atoms with Crippen LogP contribution in [0, 0.1) is 23.1 Å². The minimum absolute atomic E-state index is 0.0299. The molecule has 1 N–H and O–H groups in total. The molecule has 1 aromatic carbocycles. The first-order valence-corrected chi connectivity index (χ1v) is 11.4. The van der Waals surface area contributed by atoms with Crippen molar-refractivity contribution in [3.05, 3.63) is 63.9 Å². The fraction of sp³-hybridized carbons (Fsp3) is 0.222. The SMILES string of the molecule is C[Si](C)(C)C#Cc1ccnc(Cl)c1C(=O)NCc1ccc(F)c(F)c1. The molecule has 0 aliphatic heterocycles. The van der Waals surface area contributed by atoms with E-state index in [1.165, 1.54) is 12.3 Å². The summed E-state index contributed by atoms with van der Waals surface area (Å²) in [4.78, 5) is 16.4. The molecule has 0 saturated carbocycles. The van der Waals surface area contributed by atoms with Gasteiger partial charge in [0.2, 0.25) is 0 Å². The van der Waals surface area contributed by atoms with Crippen molar-refractivity contribution in [1.29, 1.82) is 0 Å². The summed E-state index contributed by atoms with van der Waals surface area (Å²) in [5.74, 6) is 0.636. The minimum atomic E-state index is -1.63. The Hall–Kier alpha value is -2.23. The normalized spacial score (nSPS) is 10.8. The summed E-state index contributed by atoms with van der Waals surface area (Å²) in [5.41, 5.74) is 4.28. The largest absolute Gasteiger partial charge is 0.348 e. The number of carbonyl (C=O) groups is 1. The number of nitrogens with one attached hydrogen (secondary N) is 1.